The van der Waals surface area contributed by atoms with Crippen LogP contribution >= 0.6 is 0 Å². The van der Waals surface area contributed by atoms with Crippen LogP contribution in [0.5, 0.6) is 0 Å². The van der Waals surface area contributed by atoms with E-state index in [1.54, 1.807) is 13.1 Å². The SMILES string of the molecule is C[Si](C)(COCC(F)F)OCC(F)F. The number of ether oxygens (including phenoxy) is 1. The number of alkyl halides is 4. The van der Waals surface area contributed by atoms with Gasteiger partial charge in [0.2, 0.25) is 8.32 Å². The summed E-state index contributed by atoms with van der Waals surface area (Å²) in [6.45, 7) is 1.95. The lowest BCUT2D eigenvalue weighted by atomic mass is 10.8. The molecular weight excluding hydrogens is 220 g/mol. The van der Waals surface area contributed by atoms with Gasteiger partial charge in [-0.15, -0.1) is 0 Å². The van der Waals surface area contributed by atoms with Crippen molar-refractivity contribution in [1.29, 1.82) is 0 Å². The molecule has 0 aromatic rings. The first-order valence-corrected chi connectivity index (χ1v) is 7.23. The molecule has 2 nitrogen and oxygen atoms in total. The average Bonchev–Trinajstić information content (AvgIpc) is 2.00. The topological polar surface area (TPSA) is 18.5 Å². The molecule has 0 fully saturated rings. The molecule has 0 radical (unpaired) electrons. The maximum absolute atomic E-state index is 11.8. The van der Waals surface area contributed by atoms with E-state index in [0.717, 1.165) is 0 Å². The molecule has 0 rings (SSSR count). The normalized spacial score (nSPS) is 12.9. The monoisotopic (exact) mass is 234 g/mol. The van der Waals surface area contributed by atoms with Crippen molar-refractivity contribution in [2.75, 3.05) is 19.4 Å². The first-order chi connectivity index (χ1) is 6.33. The second-order valence-electron chi connectivity index (χ2n) is 3.37. The standard InChI is InChI=1S/C7H14F4O2Si/c1-14(2,13-4-7(10)11)5-12-3-6(8)9/h6-7H,3-5H2,1-2H3. The molecule has 0 aliphatic heterocycles. The van der Waals surface area contributed by atoms with Gasteiger partial charge in [-0.3, -0.25) is 0 Å². The zero-order valence-corrected chi connectivity index (χ0v) is 9.10. The minimum atomic E-state index is -2.53. The second-order valence-corrected chi connectivity index (χ2v) is 7.46. The molecule has 0 heterocycles. The maximum Gasteiger partial charge on any atom is 0.261 e. The highest BCUT2D eigenvalue weighted by Gasteiger charge is 2.25. The van der Waals surface area contributed by atoms with Gasteiger partial charge >= 0.3 is 0 Å². The minimum absolute atomic E-state index is 0.00403. The van der Waals surface area contributed by atoms with Crippen molar-refractivity contribution < 1.29 is 26.7 Å². The molecule has 0 aliphatic carbocycles. The highest BCUT2D eigenvalue weighted by Crippen LogP contribution is 2.08. The van der Waals surface area contributed by atoms with Gasteiger partial charge in [0.05, 0.1) is 12.8 Å². The van der Waals surface area contributed by atoms with Gasteiger partial charge in [-0.2, -0.15) is 0 Å². The molecular formula is C7H14F4O2Si. The zero-order chi connectivity index (χ0) is 11.2. The van der Waals surface area contributed by atoms with E-state index in [0.29, 0.717) is 0 Å². The van der Waals surface area contributed by atoms with Gasteiger partial charge in [0.25, 0.3) is 12.9 Å². The van der Waals surface area contributed by atoms with Crippen molar-refractivity contribution in [3.8, 4) is 0 Å². The smallest absolute Gasteiger partial charge is 0.261 e. The maximum atomic E-state index is 11.8. The third kappa shape index (κ3) is 8.45. The summed E-state index contributed by atoms with van der Waals surface area (Å²) in [5.74, 6) is 0. The lowest BCUT2D eigenvalue weighted by Crippen LogP contribution is -2.39. The van der Waals surface area contributed by atoms with Crippen LogP contribution < -0.4 is 0 Å². The van der Waals surface area contributed by atoms with E-state index in [1.807, 2.05) is 0 Å². The van der Waals surface area contributed by atoms with Gasteiger partial charge in [-0.25, -0.2) is 17.6 Å². The Hall–Kier alpha value is -0.143. The van der Waals surface area contributed by atoms with Crippen LogP contribution in [0.1, 0.15) is 0 Å². The molecule has 0 aliphatic rings. The third-order valence-corrected chi connectivity index (χ3v) is 3.14. The Morgan fingerprint density at radius 3 is 1.93 bits per heavy atom. The van der Waals surface area contributed by atoms with Crippen molar-refractivity contribution in [3.05, 3.63) is 0 Å². The van der Waals surface area contributed by atoms with Crippen LogP contribution in [0.3, 0.4) is 0 Å². The summed E-state index contributed by atoms with van der Waals surface area (Å²) in [5.41, 5.74) is 0. The molecule has 0 atom stereocenters. The molecule has 0 bridgehead atoms. The van der Waals surface area contributed by atoms with Gasteiger partial charge in [-0.1, -0.05) is 0 Å². The van der Waals surface area contributed by atoms with E-state index in [9.17, 15) is 17.6 Å². The number of hydrogen-bond acceptors (Lipinski definition) is 2. The molecule has 7 heteroatoms. The predicted octanol–water partition coefficient (Wildman–Crippen LogP) is 2.29. The summed E-state index contributed by atoms with van der Waals surface area (Å²) in [7, 11) is -2.37. The van der Waals surface area contributed by atoms with Crippen LogP contribution in [-0.4, -0.2) is 40.6 Å². The van der Waals surface area contributed by atoms with Crippen LogP contribution in [-0.2, 0) is 9.16 Å². The lowest BCUT2D eigenvalue weighted by molar-refractivity contribution is 0.0241. The molecule has 0 saturated heterocycles. The van der Waals surface area contributed by atoms with Crippen molar-refractivity contribution in [2.24, 2.45) is 0 Å². The van der Waals surface area contributed by atoms with E-state index in [2.05, 4.69) is 4.74 Å². The largest absolute Gasteiger partial charge is 0.409 e. The van der Waals surface area contributed by atoms with Crippen molar-refractivity contribution in [2.45, 2.75) is 25.9 Å². The van der Waals surface area contributed by atoms with Gasteiger partial charge in [0, 0.05) is 0 Å². The van der Waals surface area contributed by atoms with E-state index < -0.39 is 34.4 Å². The Labute approximate surface area is 81.3 Å². The molecule has 0 spiro atoms. The fraction of sp³-hybridized carbons (Fsp3) is 1.00. The molecule has 0 aromatic carbocycles. The molecule has 14 heavy (non-hydrogen) atoms. The second kappa shape index (κ2) is 6.36. The molecule has 0 unspecified atom stereocenters. The van der Waals surface area contributed by atoms with Crippen molar-refractivity contribution in [3.63, 3.8) is 0 Å². The average molecular weight is 234 g/mol. The fourth-order valence-electron chi connectivity index (χ4n) is 0.724. The molecule has 0 amide bonds. The highest BCUT2D eigenvalue weighted by molar-refractivity contribution is 6.71. The van der Waals surface area contributed by atoms with Crippen LogP contribution in [0, 0.1) is 0 Å². The van der Waals surface area contributed by atoms with Crippen molar-refractivity contribution in [1.82, 2.24) is 0 Å². The minimum Gasteiger partial charge on any atom is -0.409 e. The summed E-state index contributed by atoms with van der Waals surface area (Å²) in [6.07, 6.45) is -5.06. The van der Waals surface area contributed by atoms with E-state index in [4.69, 9.17) is 4.43 Å². The summed E-state index contributed by atoms with van der Waals surface area (Å²) in [5, 5.41) is 0. The quantitative estimate of drug-likeness (QED) is 0.497. The van der Waals surface area contributed by atoms with Gasteiger partial charge < -0.3 is 9.16 Å². The van der Waals surface area contributed by atoms with Crippen LogP contribution in [0.4, 0.5) is 17.6 Å². The molecule has 0 saturated carbocycles. The molecule has 0 aromatic heterocycles. The highest BCUT2D eigenvalue weighted by atomic mass is 28.4. The van der Waals surface area contributed by atoms with Gasteiger partial charge in [0.15, 0.2) is 0 Å². The van der Waals surface area contributed by atoms with Crippen LogP contribution in [0.25, 0.3) is 0 Å². The van der Waals surface area contributed by atoms with Gasteiger partial charge in [-0.05, 0) is 13.1 Å². The fourth-order valence-corrected chi connectivity index (χ4v) is 1.99. The van der Waals surface area contributed by atoms with Crippen LogP contribution in [0.2, 0.25) is 13.1 Å². The Balaban J connectivity index is 3.61. The third-order valence-electron chi connectivity index (χ3n) is 1.29. The van der Waals surface area contributed by atoms with E-state index in [1.165, 1.54) is 0 Å². The summed E-state index contributed by atoms with van der Waals surface area (Å²) in [6, 6.07) is 0. The van der Waals surface area contributed by atoms with E-state index in [-0.39, 0.29) is 6.23 Å². The van der Waals surface area contributed by atoms with Gasteiger partial charge in [0.1, 0.15) is 6.61 Å². The van der Waals surface area contributed by atoms with E-state index >= 15 is 0 Å². The Bertz CT molecular complexity index is 155. The summed E-state index contributed by atoms with van der Waals surface area (Å²) in [4.78, 5) is 0. The molecule has 0 N–H and O–H groups in total. The molecule has 86 valence electrons. The van der Waals surface area contributed by atoms with Crippen molar-refractivity contribution >= 4 is 8.32 Å². The number of halogens is 4. The predicted molar refractivity (Wildman–Crippen MR) is 46.3 cm³/mol. The lowest BCUT2D eigenvalue weighted by Gasteiger charge is -2.22. The summed E-state index contributed by atoms with van der Waals surface area (Å²) < 4.78 is 56.3. The zero-order valence-electron chi connectivity index (χ0n) is 8.10. The number of hydrogen-bond donors (Lipinski definition) is 0. The number of rotatable bonds is 7. The Morgan fingerprint density at radius 1 is 1.00 bits per heavy atom. The summed E-state index contributed by atoms with van der Waals surface area (Å²) >= 11 is 0. The van der Waals surface area contributed by atoms with Crippen LogP contribution in [0.15, 0.2) is 0 Å². The first kappa shape index (κ1) is 13.9. The Morgan fingerprint density at radius 2 is 1.50 bits per heavy atom. The first-order valence-electron chi connectivity index (χ1n) is 4.11. The Kier molecular flexibility index (Phi) is 6.30.